The van der Waals surface area contributed by atoms with Gasteiger partial charge in [0.25, 0.3) is 0 Å². The van der Waals surface area contributed by atoms with Gasteiger partial charge in [-0.1, -0.05) is 6.92 Å². The van der Waals surface area contributed by atoms with E-state index in [1.54, 1.807) is 0 Å². The van der Waals surface area contributed by atoms with Crippen molar-refractivity contribution in [1.29, 1.82) is 0 Å². The van der Waals surface area contributed by atoms with Gasteiger partial charge in [-0.3, -0.25) is 0 Å². The van der Waals surface area contributed by atoms with Crippen LogP contribution in [0.3, 0.4) is 0 Å². The largest absolute Gasteiger partial charge is 0.396 e. The summed E-state index contributed by atoms with van der Waals surface area (Å²) < 4.78 is 0. The highest BCUT2D eigenvalue weighted by Gasteiger charge is 2.62. The first-order valence-corrected chi connectivity index (χ1v) is 3.60. The molecule has 1 heterocycles. The summed E-state index contributed by atoms with van der Waals surface area (Å²) in [6.45, 7) is 4.89. The van der Waals surface area contributed by atoms with Gasteiger partial charge >= 0.3 is 0 Å². The number of piperidine rings is 1. The molecule has 0 amide bonds. The SMILES string of the molecule is C[C@@]12CNC[C@@H]1[C@H]2CO. The Hall–Kier alpha value is -0.0800. The minimum Gasteiger partial charge on any atom is -0.396 e. The average molecular weight is 127 g/mol. The molecule has 2 N–H and O–H groups in total. The number of hydrogen-bond donors (Lipinski definition) is 2. The Morgan fingerprint density at radius 3 is 2.89 bits per heavy atom. The lowest BCUT2D eigenvalue weighted by molar-refractivity contribution is 0.245. The van der Waals surface area contributed by atoms with E-state index in [9.17, 15) is 0 Å². The molecule has 1 saturated carbocycles. The molecule has 0 bridgehead atoms. The summed E-state index contributed by atoms with van der Waals surface area (Å²) in [6.07, 6.45) is 0. The molecule has 1 aliphatic heterocycles. The smallest absolute Gasteiger partial charge is 0.0468 e. The van der Waals surface area contributed by atoms with Gasteiger partial charge in [-0.2, -0.15) is 0 Å². The Kier molecular flexibility index (Phi) is 0.945. The zero-order chi connectivity index (χ0) is 6.48. The molecule has 1 aliphatic carbocycles. The van der Waals surface area contributed by atoms with Crippen molar-refractivity contribution in [3.8, 4) is 0 Å². The molecule has 1 saturated heterocycles. The van der Waals surface area contributed by atoms with Gasteiger partial charge in [0.05, 0.1) is 0 Å². The fourth-order valence-corrected chi connectivity index (χ4v) is 2.23. The first-order chi connectivity index (χ1) is 4.29. The van der Waals surface area contributed by atoms with E-state index in [0.29, 0.717) is 17.9 Å². The summed E-state index contributed by atoms with van der Waals surface area (Å²) in [5.74, 6) is 1.39. The van der Waals surface area contributed by atoms with Crippen LogP contribution in [0, 0.1) is 17.3 Å². The third kappa shape index (κ3) is 0.528. The normalized spacial score (nSPS) is 55.3. The van der Waals surface area contributed by atoms with Crippen molar-refractivity contribution in [3.63, 3.8) is 0 Å². The van der Waals surface area contributed by atoms with Crippen LogP contribution in [-0.4, -0.2) is 24.8 Å². The average Bonchev–Trinajstić information content (AvgIpc) is 2.16. The van der Waals surface area contributed by atoms with Crippen LogP contribution in [-0.2, 0) is 0 Å². The number of hydrogen-bond acceptors (Lipinski definition) is 2. The van der Waals surface area contributed by atoms with Crippen LogP contribution in [0.1, 0.15) is 6.92 Å². The fourth-order valence-electron chi connectivity index (χ4n) is 2.23. The van der Waals surface area contributed by atoms with Crippen LogP contribution in [0.2, 0.25) is 0 Å². The number of aliphatic hydroxyl groups is 1. The van der Waals surface area contributed by atoms with Crippen molar-refractivity contribution >= 4 is 0 Å². The van der Waals surface area contributed by atoms with E-state index in [0.717, 1.165) is 19.0 Å². The Balaban J connectivity index is 2.08. The van der Waals surface area contributed by atoms with Crippen LogP contribution < -0.4 is 5.32 Å². The van der Waals surface area contributed by atoms with E-state index in [1.807, 2.05) is 0 Å². The van der Waals surface area contributed by atoms with E-state index in [4.69, 9.17) is 5.11 Å². The molecule has 0 unspecified atom stereocenters. The predicted octanol–water partition coefficient (Wildman–Crippen LogP) is -0.166. The lowest BCUT2D eigenvalue weighted by atomic mass is 10.1. The Morgan fingerprint density at radius 2 is 2.56 bits per heavy atom. The van der Waals surface area contributed by atoms with Crippen molar-refractivity contribution in [2.45, 2.75) is 6.92 Å². The molecule has 0 radical (unpaired) electrons. The predicted molar refractivity (Wildman–Crippen MR) is 35.0 cm³/mol. The van der Waals surface area contributed by atoms with E-state index >= 15 is 0 Å². The Bertz CT molecular complexity index is 131. The Labute approximate surface area is 55.3 Å². The van der Waals surface area contributed by atoms with Gasteiger partial charge in [0.2, 0.25) is 0 Å². The van der Waals surface area contributed by atoms with Crippen molar-refractivity contribution < 1.29 is 5.11 Å². The highest BCUT2D eigenvalue weighted by molar-refractivity contribution is 5.13. The van der Waals surface area contributed by atoms with E-state index in [1.165, 1.54) is 0 Å². The summed E-state index contributed by atoms with van der Waals surface area (Å²) in [6, 6.07) is 0. The molecule has 0 aromatic heterocycles. The van der Waals surface area contributed by atoms with Crippen molar-refractivity contribution in [3.05, 3.63) is 0 Å². The zero-order valence-corrected chi connectivity index (χ0v) is 5.72. The number of aliphatic hydroxyl groups excluding tert-OH is 1. The maximum atomic E-state index is 8.85. The fraction of sp³-hybridized carbons (Fsp3) is 1.00. The van der Waals surface area contributed by atoms with E-state index in [2.05, 4.69) is 12.2 Å². The summed E-state index contributed by atoms with van der Waals surface area (Å²) in [4.78, 5) is 0. The minimum atomic E-state index is 0.392. The highest BCUT2D eigenvalue weighted by Crippen LogP contribution is 2.59. The van der Waals surface area contributed by atoms with Crippen molar-refractivity contribution in [1.82, 2.24) is 5.32 Å². The molecular weight excluding hydrogens is 114 g/mol. The molecule has 9 heavy (non-hydrogen) atoms. The first-order valence-electron chi connectivity index (χ1n) is 3.60. The molecule has 0 spiro atoms. The van der Waals surface area contributed by atoms with Crippen molar-refractivity contribution in [2.24, 2.45) is 17.3 Å². The summed E-state index contributed by atoms with van der Waals surface area (Å²) in [5.41, 5.74) is 0.467. The molecule has 2 rings (SSSR count). The maximum absolute atomic E-state index is 8.85. The lowest BCUT2D eigenvalue weighted by Gasteiger charge is -2.05. The van der Waals surface area contributed by atoms with E-state index in [-0.39, 0.29) is 0 Å². The van der Waals surface area contributed by atoms with Gasteiger partial charge in [-0.25, -0.2) is 0 Å². The summed E-state index contributed by atoms with van der Waals surface area (Å²) in [7, 11) is 0. The third-order valence-electron chi connectivity index (χ3n) is 3.14. The molecule has 3 atom stereocenters. The van der Waals surface area contributed by atoms with Crippen LogP contribution in [0.25, 0.3) is 0 Å². The minimum absolute atomic E-state index is 0.392. The topological polar surface area (TPSA) is 32.3 Å². The number of rotatable bonds is 1. The number of nitrogens with one attached hydrogen (secondary N) is 1. The summed E-state index contributed by atoms with van der Waals surface area (Å²) >= 11 is 0. The lowest BCUT2D eigenvalue weighted by Crippen LogP contribution is -2.19. The molecule has 0 aromatic carbocycles. The standard InChI is InChI=1S/C7H13NO/c1-7-4-8-2-5(7)6(7)3-9/h5-6,8-9H,2-4H2,1H3/t5-,6-,7-/m1/s1. The molecule has 2 nitrogen and oxygen atoms in total. The molecule has 0 aromatic rings. The van der Waals surface area contributed by atoms with Crippen LogP contribution >= 0.6 is 0 Å². The molecule has 52 valence electrons. The van der Waals surface area contributed by atoms with Crippen LogP contribution in [0.4, 0.5) is 0 Å². The monoisotopic (exact) mass is 127 g/mol. The first kappa shape index (κ1) is 5.69. The maximum Gasteiger partial charge on any atom is 0.0468 e. The third-order valence-corrected chi connectivity index (χ3v) is 3.14. The highest BCUT2D eigenvalue weighted by atomic mass is 16.3. The van der Waals surface area contributed by atoms with Crippen LogP contribution in [0.5, 0.6) is 0 Å². The van der Waals surface area contributed by atoms with Crippen molar-refractivity contribution in [2.75, 3.05) is 19.7 Å². The Morgan fingerprint density at radius 1 is 1.78 bits per heavy atom. The molecule has 2 fully saturated rings. The molecule has 2 aliphatic rings. The second-order valence-electron chi connectivity index (χ2n) is 3.53. The van der Waals surface area contributed by atoms with Gasteiger partial charge in [-0.15, -0.1) is 0 Å². The second kappa shape index (κ2) is 1.50. The van der Waals surface area contributed by atoms with Gasteiger partial charge in [0.15, 0.2) is 0 Å². The van der Waals surface area contributed by atoms with Gasteiger partial charge in [-0.05, 0) is 23.8 Å². The summed E-state index contributed by atoms with van der Waals surface area (Å²) in [5, 5.41) is 12.2. The second-order valence-corrected chi connectivity index (χ2v) is 3.53. The van der Waals surface area contributed by atoms with Gasteiger partial charge in [0, 0.05) is 13.2 Å². The van der Waals surface area contributed by atoms with Crippen LogP contribution in [0.15, 0.2) is 0 Å². The molecular formula is C7H13NO. The molecule has 2 heteroatoms. The quantitative estimate of drug-likeness (QED) is 0.513. The van der Waals surface area contributed by atoms with Gasteiger partial charge in [0.1, 0.15) is 0 Å². The van der Waals surface area contributed by atoms with E-state index < -0.39 is 0 Å². The number of fused-ring (bicyclic) bond motifs is 1. The van der Waals surface area contributed by atoms with Gasteiger partial charge < -0.3 is 10.4 Å². The zero-order valence-electron chi connectivity index (χ0n) is 5.72.